The molecule has 4 aromatic rings. The Bertz CT molecular complexity index is 1110. The van der Waals surface area contributed by atoms with Gasteiger partial charge in [0.1, 0.15) is 5.69 Å². The van der Waals surface area contributed by atoms with Gasteiger partial charge in [-0.05, 0) is 23.6 Å². The average Bonchev–Trinajstić information content (AvgIpc) is 3.37. The second-order valence-electron chi connectivity index (χ2n) is 6.52. The van der Waals surface area contributed by atoms with Gasteiger partial charge in [0, 0.05) is 43.9 Å². The Hall–Kier alpha value is -2.64. The fourth-order valence-electron chi connectivity index (χ4n) is 3.63. The molecule has 0 aliphatic carbocycles. The van der Waals surface area contributed by atoms with Gasteiger partial charge < -0.3 is 4.42 Å². The Labute approximate surface area is 153 Å². The van der Waals surface area contributed by atoms with Gasteiger partial charge in [-0.25, -0.2) is 4.79 Å². The van der Waals surface area contributed by atoms with Crippen molar-refractivity contribution < 1.29 is 4.42 Å². The van der Waals surface area contributed by atoms with Gasteiger partial charge in [0.05, 0.1) is 10.4 Å². The van der Waals surface area contributed by atoms with Crippen LogP contribution in [0.1, 0.15) is 11.3 Å². The van der Waals surface area contributed by atoms with E-state index in [1.807, 2.05) is 24.3 Å². The number of aromatic amines is 1. The normalized spacial score (nSPS) is 14.8. The number of rotatable bonds is 4. The zero-order chi connectivity index (χ0) is 17.5. The summed E-state index contributed by atoms with van der Waals surface area (Å²) in [5.41, 5.74) is 5.08. The van der Waals surface area contributed by atoms with Crippen LogP contribution in [0.25, 0.3) is 21.7 Å². The third-order valence-electron chi connectivity index (χ3n) is 4.98. The van der Waals surface area contributed by atoms with Crippen LogP contribution >= 0.6 is 11.3 Å². The molecule has 0 radical (unpaired) electrons. The van der Waals surface area contributed by atoms with E-state index in [0.717, 1.165) is 37.3 Å². The standard InChI is InChI=1S/C19H18N4O2S/c24-19-23(15-4-1-2-5-16(15)25-19)10-9-22-8-7-14-13(12-22)18(21-20-14)17-6-3-11-26-17/h1-6,11H,7-10,12H2,(H,20,21). The fraction of sp³-hybridized carbons (Fsp3) is 0.263. The molecule has 1 aliphatic rings. The van der Waals surface area contributed by atoms with Crippen LogP contribution < -0.4 is 5.76 Å². The van der Waals surface area contributed by atoms with Crippen LogP contribution in [0.4, 0.5) is 0 Å². The number of oxazole rings is 1. The number of H-pyrrole nitrogens is 1. The van der Waals surface area contributed by atoms with E-state index in [2.05, 4.69) is 32.6 Å². The van der Waals surface area contributed by atoms with Crippen LogP contribution in [0.3, 0.4) is 0 Å². The Balaban J connectivity index is 1.36. The molecule has 0 bridgehead atoms. The molecule has 6 nitrogen and oxygen atoms in total. The minimum absolute atomic E-state index is 0.286. The Morgan fingerprint density at radius 3 is 3.00 bits per heavy atom. The molecule has 1 aliphatic heterocycles. The molecule has 3 aromatic heterocycles. The molecular weight excluding hydrogens is 348 g/mol. The number of aromatic nitrogens is 3. The molecule has 0 saturated carbocycles. The Kier molecular flexibility index (Phi) is 3.76. The van der Waals surface area contributed by atoms with E-state index < -0.39 is 0 Å². The highest BCUT2D eigenvalue weighted by Crippen LogP contribution is 2.31. The maximum Gasteiger partial charge on any atom is 0.419 e. The van der Waals surface area contributed by atoms with Gasteiger partial charge >= 0.3 is 5.76 Å². The highest BCUT2D eigenvalue weighted by molar-refractivity contribution is 7.13. The van der Waals surface area contributed by atoms with Crippen LogP contribution in [-0.2, 0) is 19.5 Å². The third kappa shape index (κ3) is 2.60. The molecule has 1 N–H and O–H groups in total. The molecule has 5 rings (SSSR count). The predicted octanol–water partition coefficient (Wildman–Crippen LogP) is 3.10. The molecule has 7 heteroatoms. The molecular formula is C19H18N4O2S. The number of hydrogen-bond acceptors (Lipinski definition) is 5. The first-order valence-corrected chi connectivity index (χ1v) is 9.58. The van der Waals surface area contributed by atoms with Crippen LogP contribution in [0.5, 0.6) is 0 Å². The first-order chi connectivity index (χ1) is 12.8. The van der Waals surface area contributed by atoms with Crippen molar-refractivity contribution >= 4 is 22.4 Å². The highest BCUT2D eigenvalue weighted by atomic mass is 32.1. The van der Waals surface area contributed by atoms with Gasteiger partial charge in [-0.1, -0.05) is 18.2 Å². The van der Waals surface area contributed by atoms with Crippen molar-refractivity contribution in [2.75, 3.05) is 13.1 Å². The van der Waals surface area contributed by atoms with E-state index in [0.29, 0.717) is 12.1 Å². The topological polar surface area (TPSA) is 67.1 Å². The van der Waals surface area contributed by atoms with Crippen LogP contribution in [-0.4, -0.2) is 32.8 Å². The molecule has 0 atom stereocenters. The monoisotopic (exact) mass is 366 g/mol. The second-order valence-corrected chi connectivity index (χ2v) is 7.47. The molecule has 0 fully saturated rings. The van der Waals surface area contributed by atoms with Crippen LogP contribution in [0.2, 0.25) is 0 Å². The smallest absolute Gasteiger partial charge is 0.408 e. The van der Waals surface area contributed by atoms with Crippen molar-refractivity contribution in [1.82, 2.24) is 19.7 Å². The number of para-hydroxylation sites is 2. The average molecular weight is 366 g/mol. The zero-order valence-electron chi connectivity index (χ0n) is 14.1. The number of hydrogen-bond donors (Lipinski definition) is 1. The lowest BCUT2D eigenvalue weighted by Crippen LogP contribution is -2.34. The summed E-state index contributed by atoms with van der Waals surface area (Å²) >= 11 is 1.71. The van der Waals surface area contributed by atoms with Gasteiger partial charge in [0.25, 0.3) is 0 Å². The van der Waals surface area contributed by atoms with Crippen molar-refractivity contribution in [2.45, 2.75) is 19.5 Å². The second kappa shape index (κ2) is 6.26. The minimum atomic E-state index is -0.286. The van der Waals surface area contributed by atoms with E-state index in [-0.39, 0.29) is 5.76 Å². The van der Waals surface area contributed by atoms with Crippen molar-refractivity contribution in [3.8, 4) is 10.6 Å². The lowest BCUT2D eigenvalue weighted by Gasteiger charge is -2.26. The SMILES string of the molecule is O=c1oc2ccccc2n1CCN1CCc2[nH]nc(-c3cccs3)c2C1. The molecule has 132 valence electrons. The van der Waals surface area contributed by atoms with Gasteiger partial charge in [-0.3, -0.25) is 14.6 Å². The highest BCUT2D eigenvalue weighted by Gasteiger charge is 2.23. The molecule has 0 amide bonds. The minimum Gasteiger partial charge on any atom is -0.408 e. The van der Waals surface area contributed by atoms with E-state index in [9.17, 15) is 4.79 Å². The molecule has 1 aromatic carbocycles. The maximum atomic E-state index is 12.1. The van der Waals surface area contributed by atoms with Crippen molar-refractivity contribution in [3.05, 3.63) is 63.6 Å². The lowest BCUT2D eigenvalue weighted by molar-refractivity contribution is 0.242. The van der Waals surface area contributed by atoms with E-state index in [4.69, 9.17) is 4.42 Å². The number of thiophene rings is 1. The van der Waals surface area contributed by atoms with E-state index >= 15 is 0 Å². The number of nitrogens with one attached hydrogen (secondary N) is 1. The summed E-state index contributed by atoms with van der Waals surface area (Å²) < 4.78 is 7.05. The summed E-state index contributed by atoms with van der Waals surface area (Å²) in [6.07, 6.45) is 0.953. The Morgan fingerprint density at radius 2 is 2.12 bits per heavy atom. The third-order valence-corrected chi connectivity index (χ3v) is 5.86. The fourth-order valence-corrected chi connectivity index (χ4v) is 4.37. The number of benzene rings is 1. The lowest BCUT2D eigenvalue weighted by atomic mass is 10.0. The van der Waals surface area contributed by atoms with Crippen molar-refractivity contribution in [2.24, 2.45) is 0 Å². The van der Waals surface area contributed by atoms with Gasteiger partial charge in [-0.2, -0.15) is 5.10 Å². The van der Waals surface area contributed by atoms with Gasteiger partial charge in [0.2, 0.25) is 0 Å². The molecule has 0 unspecified atom stereocenters. The summed E-state index contributed by atoms with van der Waals surface area (Å²) in [4.78, 5) is 15.7. The first kappa shape index (κ1) is 15.6. The van der Waals surface area contributed by atoms with E-state index in [1.165, 1.54) is 16.1 Å². The van der Waals surface area contributed by atoms with Gasteiger partial charge in [0.15, 0.2) is 5.58 Å². The maximum absolute atomic E-state index is 12.1. The summed E-state index contributed by atoms with van der Waals surface area (Å²) in [7, 11) is 0. The summed E-state index contributed by atoms with van der Waals surface area (Å²) in [5.74, 6) is -0.286. The Morgan fingerprint density at radius 1 is 1.19 bits per heavy atom. The van der Waals surface area contributed by atoms with E-state index in [1.54, 1.807) is 15.9 Å². The van der Waals surface area contributed by atoms with Crippen molar-refractivity contribution in [1.29, 1.82) is 0 Å². The van der Waals surface area contributed by atoms with Gasteiger partial charge in [-0.15, -0.1) is 11.3 Å². The summed E-state index contributed by atoms with van der Waals surface area (Å²) in [6.45, 7) is 3.24. The van der Waals surface area contributed by atoms with Crippen LogP contribution in [0.15, 0.2) is 51.0 Å². The largest absolute Gasteiger partial charge is 0.419 e. The quantitative estimate of drug-likeness (QED) is 0.603. The zero-order valence-corrected chi connectivity index (χ0v) is 15.0. The van der Waals surface area contributed by atoms with Crippen LogP contribution in [0, 0.1) is 0 Å². The van der Waals surface area contributed by atoms with Crippen molar-refractivity contribution in [3.63, 3.8) is 0 Å². The molecule has 0 spiro atoms. The molecule has 26 heavy (non-hydrogen) atoms. The first-order valence-electron chi connectivity index (χ1n) is 8.70. The molecule has 0 saturated heterocycles. The molecule has 4 heterocycles. The number of fused-ring (bicyclic) bond motifs is 2. The summed E-state index contributed by atoms with van der Waals surface area (Å²) in [6, 6.07) is 11.7. The summed E-state index contributed by atoms with van der Waals surface area (Å²) in [5, 5.41) is 9.80. The number of nitrogens with zero attached hydrogens (tertiary/aromatic N) is 3. The predicted molar refractivity (Wildman–Crippen MR) is 101 cm³/mol.